The van der Waals surface area contributed by atoms with Gasteiger partial charge in [0.05, 0.1) is 5.56 Å². The minimum Gasteiger partial charge on any atom is -0.507 e. The summed E-state index contributed by atoms with van der Waals surface area (Å²) in [6.07, 6.45) is 0. The molecule has 0 bridgehead atoms. The van der Waals surface area contributed by atoms with E-state index in [9.17, 15) is 15.0 Å². The van der Waals surface area contributed by atoms with E-state index in [1.165, 1.54) is 12.1 Å². The second-order valence-corrected chi connectivity index (χ2v) is 4.83. The number of hydrogen-bond donors (Lipinski definition) is 4. The Balaban J connectivity index is 2.44. The van der Waals surface area contributed by atoms with Crippen LogP contribution in [-0.4, -0.2) is 29.2 Å². The van der Waals surface area contributed by atoms with Gasteiger partial charge < -0.3 is 20.8 Å². The van der Waals surface area contributed by atoms with Crippen LogP contribution < -0.4 is 10.6 Å². The molecule has 0 aliphatic heterocycles. The van der Waals surface area contributed by atoms with E-state index in [4.69, 9.17) is 0 Å². The molecule has 4 N–H and O–H groups in total. The molecule has 19 heavy (non-hydrogen) atoms. The number of phenols is 2. The minimum absolute atomic E-state index is 0.0138. The number of carbonyl (C=O) groups is 1. The highest BCUT2D eigenvalue weighted by atomic mass is 16.3. The molecule has 0 heterocycles. The molecule has 5 heteroatoms. The number of carbonyl (C=O) groups excluding carboxylic acids is 1. The fraction of sp³-hybridized carbons (Fsp3) is 0.500. The highest BCUT2D eigenvalue weighted by Crippen LogP contribution is 2.31. The molecule has 0 aromatic heterocycles. The first kappa shape index (κ1) is 15.3. The molecule has 0 radical (unpaired) electrons. The number of hydrogen-bond acceptors (Lipinski definition) is 4. The lowest BCUT2D eigenvalue weighted by Crippen LogP contribution is -2.35. The highest BCUT2D eigenvalue weighted by Gasteiger charge is 2.14. The Hall–Kier alpha value is -1.75. The van der Waals surface area contributed by atoms with Crippen LogP contribution in [-0.2, 0) is 4.79 Å². The second-order valence-electron chi connectivity index (χ2n) is 4.83. The first-order chi connectivity index (χ1) is 8.93. The summed E-state index contributed by atoms with van der Waals surface area (Å²) in [5.41, 5.74) is 0.470. The van der Waals surface area contributed by atoms with Gasteiger partial charge in [-0.25, -0.2) is 0 Å². The molecule has 1 aromatic carbocycles. The van der Waals surface area contributed by atoms with Crippen molar-refractivity contribution >= 4 is 5.91 Å². The smallest absolute Gasteiger partial charge is 0.222 e. The van der Waals surface area contributed by atoms with E-state index in [0.717, 1.165) is 0 Å². The maximum atomic E-state index is 11.3. The Labute approximate surface area is 113 Å². The van der Waals surface area contributed by atoms with Crippen LogP contribution in [0.5, 0.6) is 11.5 Å². The van der Waals surface area contributed by atoms with Gasteiger partial charge in [-0.05, 0) is 19.1 Å². The molecule has 1 amide bonds. The topological polar surface area (TPSA) is 81.6 Å². The first-order valence-electron chi connectivity index (χ1n) is 6.45. The molecule has 0 saturated heterocycles. The van der Waals surface area contributed by atoms with Crippen LogP contribution in [0.4, 0.5) is 0 Å². The number of phenolic OH excluding ortho intramolecular Hbond substituents is 2. The summed E-state index contributed by atoms with van der Waals surface area (Å²) < 4.78 is 0. The second kappa shape index (κ2) is 6.99. The Morgan fingerprint density at radius 3 is 2.26 bits per heavy atom. The van der Waals surface area contributed by atoms with Crippen molar-refractivity contribution in [1.82, 2.24) is 10.6 Å². The molecule has 1 aromatic rings. The molecule has 1 atom stereocenters. The summed E-state index contributed by atoms with van der Waals surface area (Å²) in [7, 11) is 0. The Bertz CT molecular complexity index is 412. The van der Waals surface area contributed by atoms with Crippen molar-refractivity contribution in [3.63, 3.8) is 0 Å². The fourth-order valence-corrected chi connectivity index (χ4v) is 1.77. The van der Waals surface area contributed by atoms with Gasteiger partial charge in [-0.15, -0.1) is 0 Å². The van der Waals surface area contributed by atoms with Crippen LogP contribution >= 0.6 is 0 Å². The summed E-state index contributed by atoms with van der Waals surface area (Å²) in [6.45, 7) is 6.60. The van der Waals surface area contributed by atoms with Gasteiger partial charge in [0, 0.05) is 25.0 Å². The van der Waals surface area contributed by atoms with E-state index in [0.29, 0.717) is 18.7 Å². The van der Waals surface area contributed by atoms with Crippen LogP contribution in [0.3, 0.4) is 0 Å². The lowest BCUT2D eigenvalue weighted by molar-refractivity contribution is -0.123. The predicted octanol–water partition coefficient (Wildman–Crippen LogP) is 1.52. The molecule has 0 spiro atoms. The van der Waals surface area contributed by atoms with Gasteiger partial charge >= 0.3 is 0 Å². The van der Waals surface area contributed by atoms with Crippen LogP contribution in [0.1, 0.15) is 32.4 Å². The van der Waals surface area contributed by atoms with Gasteiger partial charge in [-0.3, -0.25) is 4.79 Å². The van der Waals surface area contributed by atoms with Gasteiger partial charge in [-0.1, -0.05) is 19.9 Å². The van der Waals surface area contributed by atoms with Gasteiger partial charge in [-0.2, -0.15) is 0 Å². The quantitative estimate of drug-likeness (QED) is 0.588. The van der Waals surface area contributed by atoms with E-state index >= 15 is 0 Å². The summed E-state index contributed by atoms with van der Waals surface area (Å²) in [6, 6.07) is 4.46. The number of nitrogens with one attached hydrogen (secondary N) is 2. The number of aromatic hydroxyl groups is 2. The van der Waals surface area contributed by atoms with E-state index in [1.807, 2.05) is 20.8 Å². The van der Waals surface area contributed by atoms with Gasteiger partial charge in [0.1, 0.15) is 11.5 Å². The molecule has 0 aliphatic rings. The van der Waals surface area contributed by atoms with E-state index in [1.54, 1.807) is 6.07 Å². The number of amides is 1. The molecular formula is C14H22N2O3. The van der Waals surface area contributed by atoms with Crippen molar-refractivity contribution < 1.29 is 15.0 Å². The summed E-state index contributed by atoms with van der Waals surface area (Å²) >= 11 is 0. The van der Waals surface area contributed by atoms with Crippen molar-refractivity contribution in [2.75, 3.05) is 13.1 Å². The van der Waals surface area contributed by atoms with Crippen LogP contribution in [0.25, 0.3) is 0 Å². The van der Waals surface area contributed by atoms with Crippen LogP contribution in [0.2, 0.25) is 0 Å². The summed E-state index contributed by atoms with van der Waals surface area (Å²) in [5.74, 6) is 0.108. The first-order valence-corrected chi connectivity index (χ1v) is 6.45. The van der Waals surface area contributed by atoms with Gasteiger partial charge in [0.15, 0.2) is 0 Å². The molecule has 0 fully saturated rings. The Morgan fingerprint density at radius 2 is 1.74 bits per heavy atom. The van der Waals surface area contributed by atoms with Crippen molar-refractivity contribution in [1.29, 1.82) is 0 Å². The maximum Gasteiger partial charge on any atom is 0.222 e. The van der Waals surface area contributed by atoms with E-state index in [-0.39, 0.29) is 29.4 Å². The van der Waals surface area contributed by atoms with Gasteiger partial charge in [0.2, 0.25) is 5.91 Å². The Morgan fingerprint density at radius 1 is 1.16 bits per heavy atom. The third kappa shape index (κ3) is 4.44. The fourth-order valence-electron chi connectivity index (χ4n) is 1.77. The van der Waals surface area contributed by atoms with Crippen molar-refractivity contribution in [3.8, 4) is 11.5 Å². The van der Waals surface area contributed by atoms with Crippen LogP contribution in [0, 0.1) is 5.92 Å². The maximum absolute atomic E-state index is 11.3. The van der Waals surface area contributed by atoms with Gasteiger partial charge in [0.25, 0.3) is 0 Å². The zero-order valence-electron chi connectivity index (χ0n) is 11.6. The average Bonchev–Trinajstić information content (AvgIpc) is 2.34. The SMILES string of the molecule is CC(C)C(=O)NCCNC(C)c1c(O)cccc1O. The molecule has 1 rings (SSSR count). The normalized spacial score (nSPS) is 12.4. The summed E-state index contributed by atoms with van der Waals surface area (Å²) in [4.78, 5) is 11.3. The molecule has 0 aliphatic carbocycles. The highest BCUT2D eigenvalue weighted by molar-refractivity contribution is 5.77. The molecule has 106 valence electrons. The molecule has 5 nitrogen and oxygen atoms in total. The monoisotopic (exact) mass is 266 g/mol. The summed E-state index contributed by atoms with van der Waals surface area (Å²) in [5, 5.41) is 25.4. The average molecular weight is 266 g/mol. The third-order valence-electron chi connectivity index (χ3n) is 2.89. The zero-order valence-corrected chi connectivity index (χ0v) is 11.6. The van der Waals surface area contributed by atoms with Crippen molar-refractivity contribution in [2.24, 2.45) is 5.92 Å². The van der Waals surface area contributed by atoms with Crippen molar-refractivity contribution in [2.45, 2.75) is 26.8 Å². The molecule has 1 unspecified atom stereocenters. The van der Waals surface area contributed by atoms with E-state index < -0.39 is 0 Å². The molecular weight excluding hydrogens is 244 g/mol. The van der Waals surface area contributed by atoms with E-state index in [2.05, 4.69) is 10.6 Å². The molecule has 0 saturated carbocycles. The van der Waals surface area contributed by atoms with Crippen molar-refractivity contribution in [3.05, 3.63) is 23.8 Å². The minimum atomic E-state index is -0.197. The third-order valence-corrected chi connectivity index (χ3v) is 2.89. The largest absolute Gasteiger partial charge is 0.507 e. The number of benzene rings is 1. The predicted molar refractivity (Wildman–Crippen MR) is 74.0 cm³/mol. The lowest BCUT2D eigenvalue weighted by Gasteiger charge is -2.17. The lowest BCUT2D eigenvalue weighted by atomic mass is 10.1. The Kier molecular flexibility index (Phi) is 5.63. The standard InChI is InChI=1S/C14H22N2O3/c1-9(2)14(19)16-8-7-15-10(3)13-11(17)5-4-6-12(13)18/h4-6,9-10,15,17-18H,7-8H2,1-3H3,(H,16,19). The van der Waals surface area contributed by atoms with Crippen LogP contribution in [0.15, 0.2) is 18.2 Å². The number of rotatable bonds is 6. The zero-order chi connectivity index (χ0) is 14.4.